The van der Waals surface area contributed by atoms with Crippen molar-refractivity contribution in [3.63, 3.8) is 0 Å². The van der Waals surface area contributed by atoms with Crippen molar-refractivity contribution in [1.82, 2.24) is 4.98 Å². The summed E-state index contributed by atoms with van der Waals surface area (Å²) in [7, 11) is 0. The van der Waals surface area contributed by atoms with Crippen LogP contribution in [0.2, 0.25) is 0 Å². The fourth-order valence-corrected chi connectivity index (χ4v) is 1.54. The molecule has 0 aliphatic carbocycles. The zero-order valence-corrected chi connectivity index (χ0v) is 9.74. The monoisotopic (exact) mass is 203 g/mol. The molecule has 0 radical (unpaired) electrons. The molecule has 0 atom stereocenters. The molecule has 0 bridgehead atoms. The number of rotatable bonds is 3. The highest BCUT2D eigenvalue weighted by Crippen LogP contribution is 2.18. The topological polar surface area (TPSA) is 30.0 Å². The van der Waals surface area contributed by atoms with Gasteiger partial charge in [0.25, 0.3) is 0 Å². The molecule has 0 aromatic carbocycles. The van der Waals surface area contributed by atoms with E-state index >= 15 is 0 Å². The number of hydrogen-bond donors (Lipinski definition) is 0. The molecule has 1 aromatic heterocycles. The molecule has 1 rings (SSSR count). The Bertz CT molecular complexity index is 392. The Hall–Kier alpha value is -1.44. The summed E-state index contributed by atoms with van der Waals surface area (Å²) >= 11 is 0. The maximum Gasteiger partial charge on any atom is 0.203 e. The molecule has 80 valence electrons. The van der Waals surface area contributed by atoms with Crippen LogP contribution in [0.1, 0.15) is 48.3 Å². The molecule has 0 fully saturated rings. The molecule has 1 aromatic rings. The number of aromatic nitrogens is 1. The van der Waals surface area contributed by atoms with Crippen molar-refractivity contribution in [3.8, 4) is 0 Å². The normalized spacial score (nSPS) is 11.3. The predicted octanol–water partition coefficient (Wildman–Crippen LogP) is 3.27. The molecule has 0 aliphatic heterocycles. The molecule has 0 unspecified atom stereocenters. The van der Waals surface area contributed by atoms with Crippen LogP contribution < -0.4 is 0 Å². The minimum absolute atomic E-state index is 0.0316. The van der Waals surface area contributed by atoms with Gasteiger partial charge in [-0.25, -0.2) is 0 Å². The van der Waals surface area contributed by atoms with Crippen LogP contribution in [-0.4, -0.2) is 10.8 Å². The highest BCUT2D eigenvalue weighted by molar-refractivity contribution is 6.03. The lowest BCUT2D eigenvalue weighted by molar-refractivity contribution is 0.104. The summed E-state index contributed by atoms with van der Waals surface area (Å²) < 4.78 is 0. The van der Waals surface area contributed by atoms with E-state index in [9.17, 15) is 4.79 Å². The highest BCUT2D eigenvalue weighted by Gasteiger charge is 2.08. The van der Waals surface area contributed by atoms with Gasteiger partial charge in [0.15, 0.2) is 0 Å². The summed E-state index contributed by atoms with van der Waals surface area (Å²) in [4.78, 5) is 15.7. The van der Waals surface area contributed by atoms with Crippen molar-refractivity contribution in [1.29, 1.82) is 0 Å². The number of carbonyl (C=O) groups is 1. The fourth-order valence-electron chi connectivity index (χ4n) is 1.54. The van der Waals surface area contributed by atoms with E-state index in [2.05, 4.69) is 18.8 Å². The van der Waals surface area contributed by atoms with Gasteiger partial charge in [-0.05, 0) is 43.0 Å². The smallest absolute Gasteiger partial charge is 0.203 e. The molecule has 0 N–H and O–H groups in total. The Morgan fingerprint density at radius 3 is 2.60 bits per heavy atom. The van der Waals surface area contributed by atoms with Gasteiger partial charge in [-0.15, -0.1) is 0 Å². The molecule has 0 aliphatic rings. The molecule has 1 heterocycles. The Balaban J connectivity index is 3.06. The van der Waals surface area contributed by atoms with Gasteiger partial charge in [-0.2, -0.15) is 0 Å². The van der Waals surface area contributed by atoms with Crippen LogP contribution >= 0.6 is 0 Å². The van der Waals surface area contributed by atoms with Crippen LogP contribution in [-0.2, 0) is 0 Å². The molecule has 2 heteroatoms. The number of nitrogens with zero attached hydrogens (tertiary/aromatic N) is 1. The van der Waals surface area contributed by atoms with Gasteiger partial charge in [0.05, 0.1) is 0 Å². The van der Waals surface area contributed by atoms with Gasteiger partial charge in [0.2, 0.25) is 5.78 Å². The van der Waals surface area contributed by atoms with Crippen LogP contribution in [0, 0.1) is 6.92 Å². The van der Waals surface area contributed by atoms with Gasteiger partial charge in [0.1, 0.15) is 5.69 Å². The summed E-state index contributed by atoms with van der Waals surface area (Å²) in [5.41, 5.74) is 2.86. The van der Waals surface area contributed by atoms with E-state index in [0.717, 1.165) is 5.56 Å². The third kappa shape index (κ3) is 2.75. The van der Waals surface area contributed by atoms with Crippen LogP contribution in [0.5, 0.6) is 0 Å². The van der Waals surface area contributed by atoms with Gasteiger partial charge >= 0.3 is 0 Å². The van der Waals surface area contributed by atoms with E-state index in [0.29, 0.717) is 11.6 Å². The quantitative estimate of drug-likeness (QED) is 0.557. The molecular formula is C13H17NO. The minimum atomic E-state index is -0.0316. The number of aryl methyl sites for hydroxylation is 1. The molecule has 2 nitrogen and oxygen atoms in total. The van der Waals surface area contributed by atoms with Crippen LogP contribution in [0.4, 0.5) is 0 Å². The SMILES string of the molecule is C/C=C/C(=O)c1cc(C)c(C(C)C)cn1. The fraction of sp³-hybridized carbons (Fsp3) is 0.385. The van der Waals surface area contributed by atoms with Gasteiger partial charge in [0, 0.05) is 6.20 Å². The molecule has 0 spiro atoms. The largest absolute Gasteiger partial charge is 0.288 e. The van der Waals surface area contributed by atoms with Crippen molar-refractivity contribution < 1.29 is 4.79 Å². The Labute approximate surface area is 91.0 Å². The third-order valence-corrected chi connectivity index (χ3v) is 2.34. The van der Waals surface area contributed by atoms with Gasteiger partial charge in [-0.3, -0.25) is 9.78 Å². The van der Waals surface area contributed by atoms with Crippen LogP contribution in [0.3, 0.4) is 0 Å². The number of ketones is 1. The summed E-state index contributed by atoms with van der Waals surface area (Å²) in [5.74, 6) is 0.416. The van der Waals surface area contributed by atoms with Crippen molar-refractivity contribution in [2.45, 2.75) is 33.6 Å². The second-order valence-electron chi connectivity index (χ2n) is 3.95. The van der Waals surface area contributed by atoms with Gasteiger partial charge < -0.3 is 0 Å². The van der Waals surface area contributed by atoms with Crippen LogP contribution in [0.25, 0.3) is 0 Å². The number of pyridine rings is 1. The van der Waals surface area contributed by atoms with Crippen molar-refractivity contribution >= 4 is 5.78 Å². The Morgan fingerprint density at radius 1 is 1.47 bits per heavy atom. The van der Waals surface area contributed by atoms with E-state index in [1.165, 1.54) is 11.6 Å². The zero-order valence-electron chi connectivity index (χ0n) is 9.74. The van der Waals surface area contributed by atoms with E-state index in [1.807, 2.05) is 19.9 Å². The molecular weight excluding hydrogens is 186 g/mol. The summed E-state index contributed by atoms with van der Waals surface area (Å²) in [6.45, 7) is 8.09. The Kier molecular flexibility index (Phi) is 3.78. The second kappa shape index (κ2) is 4.87. The van der Waals surface area contributed by atoms with E-state index in [1.54, 1.807) is 12.3 Å². The first-order valence-electron chi connectivity index (χ1n) is 5.19. The summed E-state index contributed by atoms with van der Waals surface area (Å²) in [6.07, 6.45) is 5.07. The van der Waals surface area contributed by atoms with Crippen molar-refractivity contribution in [2.75, 3.05) is 0 Å². The average Bonchev–Trinajstić information content (AvgIpc) is 2.17. The zero-order chi connectivity index (χ0) is 11.4. The van der Waals surface area contributed by atoms with Crippen LogP contribution in [0.15, 0.2) is 24.4 Å². The molecule has 0 saturated carbocycles. The highest BCUT2D eigenvalue weighted by atomic mass is 16.1. The maximum atomic E-state index is 11.5. The lowest BCUT2D eigenvalue weighted by Gasteiger charge is -2.09. The molecule has 15 heavy (non-hydrogen) atoms. The third-order valence-electron chi connectivity index (χ3n) is 2.34. The van der Waals surface area contributed by atoms with Gasteiger partial charge in [-0.1, -0.05) is 19.9 Å². The van der Waals surface area contributed by atoms with E-state index < -0.39 is 0 Å². The van der Waals surface area contributed by atoms with E-state index in [-0.39, 0.29) is 5.78 Å². The second-order valence-corrected chi connectivity index (χ2v) is 3.95. The summed E-state index contributed by atoms with van der Waals surface area (Å²) in [6, 6.07) is 1.86. The summed E-state index contributed by atoms with van der Waals surface area (Å²) in [5, 5.41) is 0. The number of carbonyl (C=O) groups excluding carboxylic acids is 1. The van der Waals surface area contributed by atoms with Crippen molar-refractivity contribution in [2.24, 2.45) is 0 Å². The molecule has 0 amide bonds. The lowest BCUT2D eigenvalue weighted by atomic mass is 9.99. The molecule has 0 saturated heterocycles. The standard InChI is InChI=1S/C13H17NO/c1-5-6-13(15)12-7-10(4)11(8-14-12)9(2)3/h5-9H,1-4H3/b6-5+. The first-order valence-corrected chi connectivity index (χ1v) is 5.19. The predicted molar refractivity (Wildman–Crippen MR) is 62.2 cm³/mol. The maximum absolute atomic E-state index is 11.5. The average molecular weight is 203 g/mol. The first kappa shape index (κ1) is 11.6. The first-order chi connectivity index (χ1) is 7.06. The number of hydrogen-bond acceptors (Lipinski definition) is 2. The number of allylic oxidation sites excluding steroid dienone is 2. The van der Waals surface area contributed by atoms with Crippen molar-refractivity contribution in [3.05, 3.63) is 41.2 Å². The van der Waals surface area contributed by atoms with E-state index in [4.69, 9.17) is 0 Å². The Morgan fingerprint density at radius 2 is 2.13 bits per heavy atom. The lowest BCUT2D eigenvalue weighted by Crippen LogP contribution is -2.02. The minimum Gasteiger partial charge on any atom is -0.288 e.